The average Bonchev–Trinajstić information content (AvgIpc) is 3.59. The summed E-state index contributed by atoms with van der Waals surface area (Å²) in [6.45, 7) is 4.98. The van der Waals surface area contributed by atoms with Crippen LogP contribution in [0.15, 0.2) is 70.4 Å². The minimum absolute atomic E-state index is 0.243. The van der Waals surface area contributed by atoms with E-state index in [1.165, 1.54) is 43.4 Å². The maximum absolute atomic E-state index is 14.8. The molecule has 2 aromatic heterocycles. The first-order valence-electron chi connectivity index (χ1n) is 13.0. The number of benzene rings is 2. The Hall–Kier alpha value is -3.50. The van der Waals surface area contributed by atoms with Gasteiger partial charge < -0.3 is 14.6 Å². The Morgan fingerprint density at radius 3 is 2.76 bits per heavy atom. The van der Waals surface area contributed by atoms with Crippen molar-refractivity contribution in [2.75, 3.05) is 19.6 Å². The number of hydrogen-bond acceptors (Lipinski definition) is 7. The molecule has 10 heteroatoms. The number of carbonyl (C=O) groups is 1. The Labute approximate surface area is 225 Å². The third-order valence-electron chi connectivity index (χ3n) is 6.72. The van der Waals surface area contributed by atoms with Crippen LogP contribution in [-0.4, -0.2) is 56.2 Å². The monoisotopic (exact) mass is 534 g/mol. The topological polar surface area (TPSA) is 89.1 Å². The molecule has 1 saturated heterocycles. The molecule has 38 heavy (non-hydrogen) atoms. The molecule has 4 aromatic rings. The van der Waals surface area contributed by atoms with Crippen LogP contribution >= 0.6 is 11.8 Å². The lowest BCUT2D eigenvalue weighted by Gasteiger charge is -2.33. The van der Waals surface area contributed by atoms with Gasteiger partial charge in [-0.2, -0.15) is 0 Å². The molecule has 198 valence electrons. The fourth-order valence-corrected chi connectivity index (χ4v) is 5.46. The van der Waals surface area contributed by atoms with Crippen molar-refractivity contribution in [3.8, 4) is 17.1 Å². The number of carbonyl (C=O) groups excluding carboxylic acids is 1. The summed E-state index contributed by atoms with van der Waals surface area (Å²) in [5, 5.41) is 12.1. The van der Waals surface area contributed by atoms with Gasteiger partial charge in [0.2, 0.25) is 5.89 Å². The molecule has 0 bridgehead atoms. The average molecular weight is 535 g/mol. The number of para-hydroxylation sites is 1. The summed E-state index contributed by atoms with van der Waals surface area (Å²) in [4.78, 5) is 19.4. The maximum Gasteiger partial charge on any atom is 0.273 e. The Kier molecular flexibility index (Phi) is 8.50. The largest absolute Gasteiger partial charge is 0.447 e. The van der Waals surface area contributed by atoms with Gasteiger partial charge in [0.05, 0.1) is 11.4 Å². The molecule has 3 heterocycles. The fraction of sp³-hybridized carbons (Fsp3) is 0.357. The van der Waals surface area contributed by atoms with E-state index in [0.717, 1.165) is 25.1 Å². The summed E-state index contributed by atoms with van der Waals surface area (Å²) in [6, 6.07) is 16.6. The highest BCUT2D eigenvalue weighted by molar-refractivity contribution is 7.98. The van der Waals surface area contributed by atoms with E-state index in [-0.39, 0.29) is 17.4 Å². The van der Waals surface area contributed by atoms with E-state index < -0.39 is 0 Å². The number of nitrogens with zero attached hydrogens (tertiary/aromatic N) is 5. The van der Waals surface area contributed by atoms with E-state index in [9.17, 15) is 9.18 Å². The van der Waals surface area contributed by atoms with Gasteiger partial charge in [-0.3, -0.25) is 9.36 Å². The van der Waals surface area contributed by atoms with Crippen LogP contribution in [0.25, 0.3) is 17.1 Å². The van der Waals surface area contributed by atoms with E-state index in [0.29, 0.717) is 40.9 Å². The molecule has 5 rings (SSSR count). The van der Waals surface area contributed by atoms with Crippen LogP contribution in [0.5, 0.6) is 0 Å². The highest BCUT2D eigenvalue weighted by Crippen LogP contribution is 2.30. The van der Waals surface area contributed by atoms with E-state index in [1.54, 1.807) is 22.8 Å². The number of likely N-dealkylation sites (tertiary alicyclic amines) is 1. The zero-order valence-corrected chi connectivity index (χ0v) is 22.2. The fourth-order valence-electron chi connectivity index (χ4n) is 4.66. The van der Waals surface area contributed by atoms with Crippen LogP contribution < -0.4 is 5.32 Å². The first-order chi connectivity index (χ1) is 18.6. The summed E-state index contributed by atoms with van der Waals surface area (Å²) in [5.74, 6) is 0.589. The van der Waals surface area contributed by atoms with Crippen molar-refractivity contribution in [1.29, 1.82) is 0 Å². The predicted molar refractivity (Wildman–Crippen MR) is 145 cm³/mol. The molecule has 0 aliphatic carbocycles. The number of oxazole rings is 1. The second-order valence-corrected chi connectivity index (χ2v) is 10.3. The molecule has 1 N–H and O–H groups in total. The van der Waals surface area contributed by atoms with Gasteiger partial charge in [0, 0.05) is 24.7 Å². The number of thioether (sulfide) groups is 1. The predicted octanol–water partition coefficient (Wildman–Crippen LogP) is 5.35. The molecule has 1 aliphatic rings. The van der Waals surface area contributed by atoms with Crippen LogP contribution in [0.2, 0.25) is 0 Å². The molecule has 1 aliphatic heterocycles. The van der Waals surface area contributed by atoms with Crippen LogP contribution in [0.3, 0.4) is 0 Å². The number of amides is 1. The quantitative estimate of drug-likeness (QED) is 0.217. The Bertz CT molecular complexity index is 1360. The second-order valence-electron chi connectivity index (χ2n) is 9.36. The number of halogens is 1. The van der Waals surface area contributed by atoms with E-state index in [1.807, 2.05) is 30.3 Å². The molecule has 1 fully saturated rings. The molecule has 1 amide bonds. The van der Waals surface area contributed by atoms with Gasteiger partial charge in [-0.1, -0.05) is 60.6 Å². The van der Waals surface area contributed by atoms with Crippen molar-refractivity contribution in [3.63, 3.8) is 0 Å². The zero-order valence-electron chi connectivity index (χ0n) is 21.3. The van der Waals surface area contributed by atoms with Gasteiger partial charge in [-0.05, 0) is 44.9 Å². The van der Waals surface area contributed by atoms with E-state index in [2.05, 4.69) is 32.3 Å². The van der Waals surface area contributed by atoms with Gasteiger partial charge in [0.25, 0.3) is 5.91 Å². The molecule has 1 unspecified atom stereocenters. The third-order valence-corrected chi connectivity index (χ3v) is 7.63. The van der Waals surface area contributed by atoms with E-state index in [4.69, 9.17) is 4.42 Å². The Morgan fingerprint density at radius 1 is 1.13 bits per heavy atom. The number of hydrogen-bond donors (Lipinski definition) is 1. The summed E-state index contributed by atoms with van der Waals surface area (Å²) < 4.78 is 22.0. The highest BCUT2D eigenvalue weighted by atomic mass is 32.2. The van der Waals surface area contributed by atoms with Crippen molar-refractivity contribution in [3.05, 3.63) is 78.3 Å². The Balaban J connectivity index is 1.21. The molecule has 2 aromatic carbocycles. The second kappa shape index (κ2) is 12.4. The first-order valence-corrected chi connectivity index (χ1v) is 13.9. The molecule has 0 spiro atoms. The number of nitrogens with one attached hydrogen (secondary N) is 1. The summed E-state index contributed by atoms with van der Waals surface area (Å²) >= 11 is 1.31. The number of rotatable bonds is 10. The number of piperidine rings is 1. The van der Waals surface area contributed by atoms with Crippen LogP contribution in [0.4, 0.5) is 4.39 Å². The lowest BCUT2D eigenvalue weighted by Crippen LogP contribution is -2.39. The van der Waals surface area contributed by atoms with Crippen LogP contribution in [0, 0.1) is 5.82 Å². The molecule has 8 nitrogen and oxygen atoms in total. The third kappa shape index (κ3) is 6.14. The van der Waals surface area contributed by atoms with Crippen LogP contribution in [-0.2, 0) is 5.75 Å². The van der Waals surface area contributed by atoms with Gasteiger partial charge in [0.15, 0.2) is 16.7 Å². The minimum atomic E-state index is -0.379. The van der Waals surface area contributed by atoms with Crippen molar-refractivity contribution in [2.45, 2.75) is 49.6 Å². The van der Waals surface area contributed by atoms with Gasteiger partial charge in [-0.25, -0.2) is 9.37 Å². The smallest absolute Gasteiger partial charge is 0.273 e. The number of aromatic nitrogens is 4. The molecular formula is C28H31FN6O2S. The highest BCUT2D eigenvalue weighted by Gasteiger charge is 2.20. The van der Waals surface area contributed by atoms with E-state index >= 15 is 0 Å². The standard InChI is InChI=1S/C28H31FN6O2S/c1-20-10-7-8-16-34(20)17-9-15-30-27(36)23-18-37-25(31-23)19-38-28-33-32-26(21-11-3-2-4-12-21)35(28)24-14-6-5-13-22(24)29/h2-6,11-14,18,20H,7-10,15-17,19H2,1H3,(H,30,36). The van der Waals surface area contributed by atoms with Crippen molar-refractivity contribution >= 4 is 17.7 Å². The lowest BCUT2D eigenvalue weighted by atomic mass is 10.0. The zero-order chi connectivity index (χ0) is 26.3. The summed E-state index contributed by atoms with van der Waals surface area (Å²) in [7, 11) is 0. The summed E-state index contributed by atoms with van der Waals surface area (Å²) in [5.41, 5.74) is 1.41. The normalized spacial score (nSPS) is 16.0. The lowest BCUT2D eigenvalue weighted by molar-refractivity contribution is 0.0944. The van der Waals surface area contributed by atoms with Crippen LogP contribution in [0.1, 0.15) is 49.0 Å². The molecule has 0 saturated carbocycles. The Morgan fingerprint density at radius 2 is 1.95 bits per heavy atom. The molecule has 0 radical (unpaired) electrons. The van der Waals surface area contributed by atoms with Crippen molar-refractivity contribution < 1.29 is 13.6 Å². The summed E-state index contributed by atoms with van der Waals surface area (Å²) in [6.07, 6.45) is 6.06. The SMILES string of the molecule is CC1CCCCN1CCCNC(=O)c1coc(CSc2nnc(-c3ccccc3)n2-c2ccccc2F)n1. The molecular weight excluding hydrogens is 503 g/mol. The van der Waals surface area contributed by atoms with Gasteiger partial charge in [-0.15, -0.1) is 10.2 Å². The van der Waals surface area contributed by atoms with Gasteiger partial charge in [0.1, 0.15) is 12.1 Å². The van der Waals surface area contributed by atoms with Gasteiger partial charge >= 0.3 is 0 Å². The minimum Gasteiger partial charge on any atom is -0.447 e. The maximum atomic E-state index is 14.8. The first kappa shape index (κ1) is 26.1. The molecule has 1 atom stereocenters. The van der Waals surface area contributed by atoms with Crippen molar-refractivity contribution in [2.24, 2.45) is 0 Å². The van der Waals surface area contributed by atoms with Crippen molar-refractivity contribution in [1.82, 2.24) is 30.0 Å².